The Bertz CT molecular complexity index is 3760. The Labute approximate surface area is 400 Å². The quantitative estimate of drug-likeness (QED) is 0.140. The maximum absolute atomic E-state index is 2.52. The minimum atomic E-state index is -0.220. The molecule has 0 aromatic heterocycles. The Morgan fingerprint density at radius 1 is 0.294 bits per heavy atom. The van der Waals surface area contributed by atoms with Crippen LogP contribution >= 0.6 is 0 Å². The molecule has 0 atom stereocenters. The second-order valence-corrected chi connectivity index (χ2v) is 20.6. The van der Waals surface area contributed by atoms with Gasteiger partial charge in [-0.15, -0.1) is 0 Å². The predicted octanol–water partition coefficient (Wildman–Crippen LogP) is 18.9. The first-order valence-corrected chi connectivity index (χ1v) is 24.7. The van der Waals surface area contributed by atoms with E-state index in [9.17, 15) is 0 Å². The van der Waals surface area contributed by atoms with E-state index in [0.717, 1.165) is 6.42 Å². The summed E-state index contributed by atoms with van der Waals surface area (Å²) in [5, 5.41) is 10.3. The minimum absolute atomic E-state index is 0.0734. The van der Waals surface area contributed by atoms with Crippen molar-refractivity contribution in [1.82, 2.24) is 0 Å². The number of benzene rings is 11. The van der Waals surface area contributed by atoms with Crippen molar-refractivity contribution in [2.75, 3.05) is 0 Å². The zero-order valence-electron chi connectivity index (χ0n) is 39.7. The third-order valence-corrected chi connectivity index (χ3v) is 16.1. The molecule has 0 N–H and O–H groups in total. The number of fused-ring (bicyclic) bond motifs is 10. The van der Waals surface area contributed by atoms with Crippen LogP contribution in [0.3, 0.4) is 0 Å². The maximum Gasteiger partial charge on any atom is 0.0159 e. The lowest BCUT2D eigenvalue weighted by atomic mass is 9.79. The van der Waals surface area contributed by atoms with Crippen LogP contribution in [-0.4, -0.2) is 0 Å². The summed E-state index contributed by atoms with van der Waals surface area (Å²) < 4.78 is 0. The molecule has 0 saturated heterocycles. The first kappa shape index (κ1) is 40.7. The van der Waals surface area contributed by atoms with E-state index in [1.165, 1.54) is 151 Å². The van der Waals surface area contributed by atoms with E-state index in [1.807, 2.05) is 0 Å². The third kappa shape index (κ3) is 5.93. The molecule has 0 bridgehead atoms. The molecule has 0 amide bonds. The molecule has 13 rings (SSSR count). The Hall–Kier alpha value is -7.54. The van der Waals surface area contributed by atoms with E-state index in [1.54, 1.807) is 0 Å². The van der Waals surface area contributed by atoms with Crippen molar-refractivity contribution >= 4 is 43.1 Å². The van der Waals surface area contributed by atoms with Crippen molar-refractivity contribution in [3.63, 3.8) is 0 Å². The van der Waals surface area contributed by atoms with Crippen molar-refractivity contribution < 1.29 is 0 Å². The van der Waals surface area contributed by atoms with Crippen LogP contribution in [0.1, 0.15) is 75.3 Å². The van der Waals surface area contributed by atoms with Crippen LogP contribution in [0.25, 0.3) is 110 Å². The zero-order chi connectivity index (χ0) is 45.9. The molecule has 0 fully saturated rings. The molecule has 68 heavy (non-hydrogen) atoms. The normalized spacial score (nSPS) is 14.1. The van der Waals surface area contributed by atoms with E-state index in [2.05, 4.69) is 235 Å². The fraction of sp³-hybridized carbons (Fsp3) is 0.147. The van der Waals surface area contributed by atoms with E-state index >= 15 is 0 Å². The number of aryl methyl sites for hydroxylation is 1. The highest BCUT2D eigenvalue weighted by Gasteiger charge is 2.38. The fourth-order valence-corrected chi connectivity index (χ4v) is 12.6. The van der Waals surface area contributed by atoms with E-state index in [4.69, 9.17) is 0 Å². The Balaban J connectivity index is 0.940. The largest absolute Gasteiger partial charge is 0.0654 e. The molecule has 0 spiro atoms. The lowest BCUT2D eigenvalue weighted by molar-refractivity contribution is 0.660. The Kier molecular flexibility index (Phi) is 9.13. The molecule has 0 aliphatic heterocycles. The monoisotopic (exact) mass is 870 g/mol. The van der Waals surface area contributed by atoms with Crippen LogP contribution in [0.2, 0.25) is 0 Å². The summed E-state index contributed by atoms with van der Waals surface area (Å²) in [6.45, 7) is 11.9. The lowest BCUT2D eigenvalue weighted by Gasteiger charge is -2.24. The van der Waals surface area contributed by atoms with Crippen LogP contribution in [0, 0.1) is 0 Å². The summed E-state index contributed by atoms with van der Waals surface area (Å²) in [6.07, 6.45) is 3.56. The molecule has 0 nitrogen and oxygen atoms in total. The molecule has 2 aliphatic rings. The second-order valence-electron chi connectivity index (χ2n) is 20.6. The van der Waals surface area contributed by atoms with Crippen LogP contribution in [0.5, 0.6) is 0 Å². The van der Waals surface area contributed by atoms with Crippen LogP contribution < -0.4 is 0 Å². The van der Waals surface area contributed by atoms with Gasteiger partial charge in [0.1, 0.15) is 0 Å². The SMILES string of the molecule is CCCCc1ccc(-c2c3ccccc3c(-c3ccc4c(c3)C(C)(C)c3cc(-c5c6ccccc6c(-c6ccc7c(c6)C(C)(C)c6ccccc6-7)c6ccccc56)ccc3-4)c3ccccc23)cc1. The standard InChI is InChI=1S/C68H54/c1-6-7-18-42-29-31-43(32-30-42)63-51-20-8-10-22-53(51)64(54-23-11-9-21-52(54)63)45-34-37-49-50-38-35-46(41-62(50)68(4,5)61(49)40-45)66-57-26-14-12-24-55(57)65(56-25-13-15-27-58(56)66)44-33-36-48-47-19-16-17-28-59(47)67(2,3)60(48)39-44/h8-17,19-41H,6-7,18H2,1-5H3. The lowest BCUT2D eigenvalue weighted by Crippen LogP contribution is -2.15. The van der Waals surface area contributed by atoms with Gasteiger partial charge in [0, 0.05) is 10.8 Å². The van der Waals surface area contributed by atoms with Gasteiger partial charge in [-0.1, -0.05) is 223 Å². The molecular formula is C68H54. The molecular weight excluding hydrogens is 817 g/mol. The van der Waals surface area contributed by atoms with Gasteiger partial charge in [0.2, 0.25) is 0 Å². The van der Waals surface area contributed by atoms with Crippen LogP contribution in [0.4, 0.5) is 0 Å². The molecule has 11 aromatic carbocycles. The van der Waals surface area contributed by atoms with Crippen LogP contribution in [0.15, 0.2) is 200 Å². The summed E-state index contributed by atoms with van der Waals surface area (Å²) in [5.41, 5.74) is 22.4. The number of rotatable bonds is 7. The summed E-state index contributed by atoms with van der Waals surface area (Å²) >= 11 is 0. The molecule has 0 heterocycles. The molecule has 0 saturated carbocycles. The van der Waals surface area contributed by atoms with Gasteiger partial charge in [-0.2, -0.15) is 0 Å². The predicted molar refractivity (Wildman–Crippen MR) is 292 cm³/mol. The average Bonchev–Trinajstić information content (AvgIpc) is 3.74. The fourth-order valence-electron chi connectivity index (χ4n) is 12.6. The van der Waals surface area contributed by atoms with Gasteiger partial charge in [0.05, 0.1) is 0 Å². The summed E-state index contributed by atoms with van der Waals surface area (Å²) in [5.74, 6) is 0. The van der Waals surface area contributed by atoms with E-state index in [0.29, 0.717) is 0 Å². The number of unbranched alkanes of at least 4 members (excludes halogenated alkanes) is 1. The highest BCUT2D eigenvalue weighted by atomic mass is 14.4. The van der Waals surface area contributed by atoms with Gasteiger partial charge < -0.3 is 0 Å². The van der Waals surface area contributed by atoms with Gasteiger partial charge in [-0.3, -0.25) is 0 Å². The summed E-state index contributed by atoms with van der Waals surface area (Å²) in [4.78, 5) is 0. The first-order valence-electron chi connectivity index (χ1n) is 24.7. The molecule has 11 aromatic rings. The van der Waals surface area contributed by atoms with E-state index < -0.39 is 0 Å². The highest BCUT2D eigenvalue weighted by molar-refractivity contribution is 6.23. The van der Waals surface area contributed by atoms with Crippen molar-refractivity contribution in [2.45, 2.75) is 64.7 Å². The zero-order valence-corrected chi connectivity index (χ0v) is 39.7. The number of hydrogen-bond acceptors (Lipinski definition) is 0. The average molecular weight is 871 g/mol. The topological polar surface area (TPSA) is 0 Å². The van der Waals surface area contributed by atoms with Gasteiger partial charge in [-0.25, -0.2) is 0 Å². The molecule has 0 unspecified atom stereocenters. The minimum Gasteiger partial charge on any atom is -0.0654 e. The Morgan fingerprint density at radius 3 is 0.956 bits per heavy atom. The van der Waals surface area contributed by atoms with E-state index in [-0.39, 0.29) is 10.8 Å². The molecule has 2 aliphatic carbocycles. The molecule has 0 heteroatoms. The molecule has 326 valence electrons. The smallest absolute Gasteiger partial charge is 0.0159 e. The second kappa shape index (κ2) is 15.2. The van der Waals surface area contributed by atoms with Crippen molar-refractivity contribution in [3.8, 4) is 66.8 Å². The van der Waals surface area contributed by atoms with Crippen molar-refractivity contribution in [1.29, 1.82) is 0 Å². The van der Waals surface area contributed by atoms with Crippen LogP contribution in [-0.2, 0) is 17.3 Å². The maximum atomic E-state index is 2.52. The summed E-state index contributed by atoms with van der Waals surface area (Å²) in [7, 11) is 0. The van der Waals surface area contributed by atoms with Gasteiger partial charge in [-0.05, 0) is 169 Å². The number of hydrogen-bond donors (Lipinski definition) is 0. The van der Waals surface area contributed by atoms with Gasteiger partial charge in [0.25, 0.3) is 0 Å². The van der Waals surface area contributed by atoms with Gasteiger partial charge in [0.15, 0.2) is 0 Å². The Morgan fingerprint density at radius 2 is 0.588 bits per heavy atom. The van der Waals surface area contributed by atoms with Crippen molar-refractivity contribution in [3.05, 3.63) is 228 Å². The molecule has 0 radical (unpaired) electrons. The van der Waals surface area contributed by atoms with Crippen molar-refractivity contribution in [2.24, 2.45) is 0 Å². The highest BCUT2D eigenvalue weighted by Crippen LogP contribution is 2.55. The first-order chi connectivity index (χ1) is 33.2. The van der Waals surface area contributed by atoms with Gasteiger partial charge >= 0.3 is 0 Å². The summed E-state index contributed by atoms with van der Waals surface area (Å²) in [6, 6.07) is 76.5. The third-order valence-electron chi connectivity index (χ3n) is 16.1.